The molecule has 144 valence electrons. The van der Waals surface area contributed by atoms with Gasteiger partial charge < -0.3 is 10.3 Å². The predicted molar refractivity (Wildman–Crippen MR) is 114 cm³/mol. The molecule has 4 aromatic rings. The van der Waals surface area contributed by atoms with Crippen molar-refractivity contribution in [2.24, 2.45) is 0 Å². The highest BCUT2D eigenvalue weighted by atomic mass is 35.5. The van der Waals surface area contributed by atoms with Gasteiger partial charge in [-0.05, 0) is 36.8 Å². The average molecular weight is 424 g/mol. The van der Waals surface area contributed by atoms with Crippen molar-refractivity contribution in [3.63, 3.8) is 0 Å². The summed E-state index contributed by atoms with van der Waals surface area (Å²) in [7, 11) is 0. The van der Waals surface area contributed by atoms with E-state index >= 15 is 0 Å². The van der Waals surface area contributed by atoms with Crippen LogP contribution in [-0.4, -0.2) is 14.6 Å². The molecular formula is C21H15Cl2N5O. The Balaban J connectivity index is 1.73. The third-order valence-electron chi connectivity index (χ3n) is 4.56. The molecule has 6 nitrogen and oxygen atoms in total. The lowest BCUT2D eigenvalue weighted by atomic mass is 10.1. The van der Waals surface area contributed by atoms with Gasteiger partial charge in [0.05, 0.1) is 22.3 Å². The number of aromatic nitrogens is 3. The Morgan fingerprint density at radius 2 is 1.93 bits per heavy atom. The van der Waals surface area contributed by atoms with Crippen LogP contribution < -0.4 is 10.9 Å². The van der Waals surface area contributed by atoms with Crippen LogP contribution in [0.5, 0.6) is 0 Å². The lowest BCUT2D eigenvalue weighted by Crippen LogP contribution is -2.16. The first-order chi connectivity index (χ1) is 14.0. The Bertz CT molecular complexity index is 1320. The zero-order valence-corrected chi connectivity index (χ0v) is 16.8. The number of nitrogens with one attached hydrogen (secondary N) is 2. The lowest BCUT2D eigenvalue weighted by molar-refractivity contribution is 0.879. The van der Waals surface area contributed by atoms with Crippen molar-refractivity contribution >= 4 is 34.7 Å². The molecule has 0 aliphatic rings. The van der Waals surface area contributed by atoms with Gasteiger partial charge >= 0.3 is 0 Å². The van der Waals surface area contributed by atoms with Crippen LogP contribution in [0.25, 0.3) is 16.8 Å². The number of benzene rings is 2. The molecule has 8 heteroatoms. The highest BCUT2D eigenvalue weighted by Gasteiger charge is 2.17. The summed E-state index contributed by atoms with van der Waals surface area (Å²) < 4.78 is 1.32. The molecule has 0 aliphatic heterocycles. The Hall–Kier alpha value is -3.27. The number of fused-ring (bicyclic) bond motifs is 1. The monoisotopic (exact) mass is 423 g/mol. The lowest BCUT2D eigenvalue weighted by Gasteiger charge is -2.09. The van der Waals surface area contributed by atoms with Crippen LogP contribution in [0.15, 0.2) is 53.3 Å². The summed E-state index contributed by atoms with van der Waals surface area (Å²) in [5.74, 6) is 0.554. The number of aromatic amines is 1. The van der Waals surface area contributed by atoms with Gasteiger partial charge in [0.15, 0.2) is 0 Å². The van der Waals surface area contributed by atoms with E-state index in [0.29, 0.717) is 39.3 Å². The van der Waals surface area contributed by atoms with Crippen LogP contribution in [-0.2, 0) is 6.54 Å². The number of nitriles is 1. The first kappa shape index (κ1) is 19.1. The maximum Gasteiger partial charge on any atom is 0.276 e. The normalized spacial score (nSPS) is 10.8. The van der Waals surface area contributed by atoms with Gasteiger partial charge in [-0.1, -0.05) is 41.4 Å². The number of anilines is 1. The molecule has 0 saturated heterocycles. The first-order valence-corrected chi connectivity index (χ1v) is 9.53. The highest BCUT2D eigenvalue weighted by Crippen LogP contribution is 2.34. The number of hydrogen-bond acceptors (Lipinski definition) is 4. The van der Waals surface area contributed by atoms with Gasteiger partial charge in [-0.15, -0.1) is 0 Å². The Morgan fingerprint density at radius 3 is 2.62 bits per heavy atom. The summed E-state index contributed by atoms with van der Waals surface area (Å²) >= 11 is 12.4. The molecule has 0 saturated carbocycles. The molecule has 0 amide bonds. The van der Waals surface area contributed by atoms with Gasteiger partial charge in [0.25, 0.3) is 5.56 Å². The molecule has 0 spiro atoms. The molecule has 0 aliphatic carbocycles. The molecule has 0 radical (unpaired) electrons. The van der Waals surface area contributed by atoms with Crippen molar-refractivity contribution in [1.82, 2.24) is 14.6 Å². The topological polar surface area (TPSA) is 86.0 Å². The van der Waals surface area contributed by atoms with Crippen molar-refractivity contribution in [2.45, 2.75) is 13.5 Å². The number of aryl methyl sites for hydroxylation is 1. The predicted octanol–water partition coefficient (Wildman–Crippen LogP) is 4.79. The first-order valence-electron chi connectivity index (χ1n) is 8.77. The SMILES string of the molecule is Cc1nn2c(=O)cc(NCc3ccc(C#N)cc3)[nH]c2c1-c1ccc(Cl)cc1Cl. The minimum absolute atomic E-state index is 0.263. The Morgan fingerprint density at radius 1 is 1.17 bits per heavy atom. The van der Waals surface area contributed by atoms with E-state index in [9.17, 15) is 4.79 Å². The number of nitrogens with zero attached hydrogens (tertiary/aromatic N) is 3. The summed E-state index contributed by atoms with van der Waals surface area (Å²) in [5.41, 5.74) is 4.02. The van der Waals surface area contributed by atoms with Gasteiger partial charge in [-0.25, -0.2) is 0 Å². The van der Waals surface area contributed by atoms with Crippen molar-refractivity contribution < 1.29 is 0 Å². The summed E-state index contributed by atoms with van der Waals surface area (Å²) in [5, 5.41) is 17.5. The number of H-pyrrole nitrogens is 1. The summed E-state index contributed by atoms with van der Waals surface area (Å²) in [6, 6.07) is 16.0. The Labute approximate surface area is 176 Å². The van der Waals surface area contributed by atoms with E-state index in [4.69, 9.17) is 28.5 Å². The quantitative estimate of drug-likeness (QED) is 0.493. The van der Waals surface area contributed by atoms with Gasteiger partial charge in [0.1, 0.15) is 11.5 Å². The Kier molecular flexibility index (Phi) is 5.01. The molecule has 2 N–H and O–H groups in total. The zero-order valence-electron chi connectivity index (χ0n) is 15.3. The second-order valence-electron chi connectivity index (χ2n) is 6.53. The third kappa shape index (κ3) is 3.70. The van der Waals surface area contributed by atoms with Gasteiger partial charge in [-0.3, -0.25) is 4.79 Å². The molecule has 0 bridgehead atoms. The molecule has 4 rings (SSSR count). The van der Waals surface area contributed by atoms with Crippen LogP contribution >= 0.6 is 23.2 Å². The maximum absolute atomic E-state index is 12.6. The minimum atomic E-state index is -0.263. The van der Waals surface area contributed by atoms with Gasteiger partial charge in [-0.2, -0.15) is 14.9 Å². The van der Waals surface area contributed by atoms with E-state index < -0.39 is 0 Å². The van der Waals surface area contributed by atoms with Crippen LogP contribution in [0.1, 0.15) is 16.8 Å². The molecule has 0 unspecified atom stereocenters. The fourth-order valence-corrected chi connectivity index (χ4v) is 3.66. The van der Waals surface area contributed by atoms with E-state index in [1.54, 1.807) is 24.3 Å². The number of rotatable bonds is 4. The van der Waals surface area contributed by atoms with Crippen LogP contribution in [0.3, 0.4) is 0 Å². The molecule has 2 aromatic heterocycles. The van der Waals surface area contributed by atoms with Gasteiger partial charge in [0.2, 0.25) is 0 Å². The summed E-state index contributed by atoms with van der Waals surface area (Å²) in [6.07, 6.45) is 0. The van der Waals surface area contributed by atoms with Gasteiger partial charge in [0, 0.05) is 28.8 Å². The molecule has 2 heterocycles. The molecular weight excluding hydrogens is 409 g/mol. The molecule has 0 fully saturated rings. The molecule has 29 heavy (non-hydrogen) atoms. The van der Waals surface area contributed by atoms with Crippen LogP contribution in [0, 0.1) is 18.3 Å². The number of hydrogen-bond donors (Lipinski definition) is 2. The van der Waals surface area contributed by atoms with Crippen molar-refractivity contribution in [1.29, 1.82) is 5.26 Å². The van der Waals surface area contributed by atoms with E-state index in [1.807, 2.05) is 25.1 Å². The van der Waals surface area contributed by atoms with Crippen molar-refractivity contribution in [2.75, 3.05) is 5.32 Å². The molecule has 0 atom stereocenters. The van der Waals surface area contributed by atoms with E-state index in [1.165, 1.54) is 10.6 Å². The average Bonchev–Trinajstić information content (AvgIpc) is 3.03. The second kappa shape index (κ2) is 7.63. The third-order valence-corrected chi connectivity index (χ3v) is 5.10. The van der Waals surface area contributed by atoms with Crippen molar-refractivity contribution in [3.8, 4) is 17.2 Å². The van der Waals surface area contributed by atoms with Crippen LogP contribution in [0.4, 0.5) is 5.82 Å². The van der Waals surface area contributed by atoms with Crippen LogP contribution in [0.2, 0.25) is 10.0 Å². The zero-order chi connectivity index (χ0) is 20.5. The second-order valence-corrected chi connectivity index (χ2v) is 7.37. The highest BCUT2D eigenvalue weighted by molar-refractivity contribution is 6.36. The smallest absolute Gasteiger partial charge is 0.276 e. The summed E-state index contributed by atoms with van der Waals surface area (Å²) in [4.78, 5) is 15.8. The van der Waals surface area contributed by atoms with E-state index in [-0.39, 0.29) is 5.56 Å². The van der Waals surface area contributed by atoms with E-state index in [2.05, 4.69) is 21.5 Å². The van der Waals surface area contributed by atoms with Crippen molar-refractivity contribution in [3.05, 3.63) is 85.8 Å². The maximum atomic E-state index is 12.6. The number of halogens is 2. The summed E-state index contributed by atoms with van der Waals surface area (Å²) in [6.45, 7) is 2.31. The fraction of sp³-hybridized carbons (Fsp3) is 0.0952. The largest absolute Gasteiger partial charge is 0.367 e. The van der Waals surface area contributed by atoms with E-state index in [0.717, 1.165) is 16.7 Å². The molecule has 2 aromatic carbocycles. The fourth-order valence-electron chi connectivity index (χ4n) is 3.15. The standard InChI is InChI=1S/C21H15Cl2N5O/c1-12-20(16-7-6-15(22)8-17(16)23)21-26-18(9-19(29)28(21)27-12)25-11-14-4-2-13(10-24)3-5-14/h2-9,25-26H,11H2,1H3. The minimum Gasteiger partial charge on any atom is -0.367 e.